The van der Waals surface area contributed by atoms with E-state index in [2.05, 4.69) is 4.90 Å². The fraction of sp³-hybridized carbons (Fsp3) is 0.857. The van der Waals surface area contributed by atoms with Crippen molar-refractivity contribution >= 4 is 23.6 Å². The van der Waals surface area contributed by atoms with Crippen molar-refractivity contribution in [3.63, 3.8) is 0 Å². The van der Waals surface area contributed by atoms with Crippen molar-refractivity contribution in [1.29, 1.82) is 0 Å². The highest BCUT2D eigenvalue weighted by Gasteiger charge is 2.27. The van der Waals surface area contributed by atoms with Crippen molar-refractivity contribution in [3.05, 3.63) is 0 Å². The number of hydrogen-bond donors (Lipinski definition) is 1. The zero-order valence-electron chi connectivity index (χ0n) is 13.1. The molecule has 126 valence electrons. The third-order valence-corrected chi connectivity index (χ3v) is 4.81. The van der Waals surface area contributed by atoms with Crippen LogP contribution in [-0.2, 0) is 14.3 Å². The molecule has 2 rings (SSSR count). The summed E-state index contributed by atoms with van der Waals surface area (Å²) < 4.78 is 5.20. The van der Waals surface area contributed by atoms with Crippen LogP contribution in [0.4, 0.5) is 0 Å². The van der Waals surface area contributed by atoms with Gasteiger partial charge in [-0.15, -0.1) is 11.8 Å². The Hall–Kier alpha value is -0.830. The van der Waals surface area contributed by atoms with Crippen molar-refractivity contribution in [3.8, 4) is 0 Å². The Labute approximate surface area is 135 Å². The summed E-state index contributed by atoms with van der Waals surface area (Å²) in [6, 6.07) is 0. The van der Waals surface area contributed by atoms with Crippen LogP contribution in [0.2, 0.25) is 0 Å². The van der Waals surface area contributed by atoms with Crippen LogP contribution >= 0.6 is 11.8 Å². The largest absolute Gasteiger partial charge is 0.389 e. The van der Waals surface area contributed by atoms with Gasteiger partial charge < -0.3 is 19.6 Å². The van der Waals surface area contributed by atoms with E-state index >= 15 is 0 Å². The molecule has 0 unspecified atom stereocenters. The number of carbonyl (C=O) groups is 2. The first-order chi connectivity index (χ1) is 10.6. The number of aliphatic hydroxyl groups excluding tert-OH is 1. The first kappa shape index (κ1) is 17.5. The number of amides is 2. The Bertz CT molecular complexity index is 388. The van der Waals surface area contributed by atoms with Gasteiger partial charge in [-0.25, -0.2) is 0 Å². The molecule has 8 heteroatoms. The summed E-state index contributed by atoms with van der Waals surface area (Å²) in [7, 11) is 0. The van der Waals surface area contributed by atoms with Crippen molar-refractivity contribution < 1.29 is 19.4 Å². The van der Waals surface area contributed by atoms with E-state index in [4.69, 9.17) is 4.74 Å². The first-order valence-electron chi connectivity index (χ1n) is 7.71. The van der Waals surface area contributed by atoms with Crippen molar-refractivity contribution in [2.75, 3.05) is 64.1 Å². The molecule has 2 amide bonds. The SMILES string of the molecule is CCOC[C@H](O)CN1CCN(C(=O)CN2CSCC2=O)CC1. The summed E-state index contributed by atoms with van der Waals surface area (Å²) in [5.41, 5.74) is 0. The van der Waals surface area contributed by atoms with E-state index in [0.717, 1.165) is 13.1 Å². The number of β-amino-alcohol motifs (C(OH)–C–C–N with tert-alkyl or cyclic N) is 1. The van der Waals surface area contributed by atoms with E-state index < -0.39 is 6.10 Å². The van der Waals surface area contributed by atoms with Crippen LogP contribution < -0.4 is 0 Å². The Morgan fingerprint density at radius 1 is 1.36 bits per heavy atom. The van der Waals surface area contributed by atoms with Gasteiger partial charge in [0.05, 0.1) is 24.3 Å². The maximum absolute atomic E-state index is 12.2. The highest BCUT2D eigenvalue weighted by Crippen LogP contribution is 2.15. The average Bonchev–Trinajstić information content (AvgIpc) is 2.91. The molecule has 0 aromatic rings. The molecule has 0 aliphatic carbocycles. The van der Waals surface area contributed by atoms with E-state index in [1.54, 1.807) is 16.7 Å². The van der Waals surface area contributed by atoms with E-state index in [1.807, 2.05) is 11.8 Å². The van der Waals surface area contributed by atoms with Crippen LogP contribution in [0.25, 0.3) is 0 Å². The molecule has 2 aliphatic rings. The predicted molar refractivity (Wildman–Crippen MR) is 84.6 cm³/mol. The highest BCUT2D eigenvalue weighted by atomic mass is 32.2. The molecule has 2 fully saturated rings. The van der Waals surface area contributed by atoms with Crippen molar-refractivity contribution in [1.82, 2.24) is 14.7 Å². The van der Waals surface area contributed by atoms with Gasteiger partial charge in [0, 0.05) is 39.3 Å². The summed E-state index contributed by atoms with van der Waals surface area (Å²) in [4.78, 5) is 29.3. The van der Waals surface area contributed by atoms with Crippen LogP contribution in [0.5, 0.6) is 0 Å². The molecule has 2 heterocycles. The fourth-order valence-corrected chi connectivity index (χ4v) is 3.49. The van der Waals surface area contributed by atoms with Gasteiger partial charge in [0.1, 0.15) is 6.54 Å². The molecule has 2 saturated heterocycles. The number of carbonyl (C=O) groups excluding carboxylic acids is 2. The maximum Gasteiger partial charge on any atom is 0.242 e. The first-order valence-corrected chi connectivity index (χ1v) is 8.87. The maximum atomic E-state index is 12.2. The summed E-state index contributed by atoms with van der Waals surface area (Å²) in [5.74, 6) is 1.17. The van der Waals surface area contributed by atoms with E-state index in [1.165, 1.54) is 0 Å². The average molecular weight is 331 g/mol. The molecule has 0 radical (unpaired) electrons. The minimum absolute atomic E-state index is 0.0189. The second-order valence-electron chi connectivity index (χ2n) is 5.56. The molecule has 0 saturated carbocycles. The molecule has 0 aromatic carbocycles. The number of thioether (sulfide) groups is 1. The second-order valence-corrected chi connectivity index (χ2v) is 6.52. The number of ether oxygens (including phenoxy) is 1. The smallest absolute Gasteiger partial charge is 0.242 e. The second kappa shape index (κ2) is 8.71. The third kappa shape index (κ3) is 5.12. The summed E-state index contributed by atoms with van der Waals surface area (Å²) in [6.07, 6.45) is -0.485. The fourth-order valence-electron chi connectivity index (χ4n) is 2.59. The predicted octanol–water partition coefficient (Wildman–Crippen LogP) is -0.939. The van der Waals surface area contributed by atoms with E-state index in [0.29, 0.717) is 44.5 Å². The number of rotatable bonds is 7. The monoisotopic (exact) mass is 331 g/mol. The molecule has 22 heavy (non-hydrogen) atoms. The van der Waals surface area contributed by atoms with Gasteiger partial charge >= 0.3 is 0 Å². The lowest BCUT2D eigenvalue weighted by atomic mass is 10.2. The molecule has 2 aliphatic heterocycles. The third-order valence-electron chi connectivity index (χ3n) is 3.86. The topological polar surface area (TPSA) is 73.3 Å². The van der Waals surface area contributed by atoms with Crippen molar-refractivity contribution in [2.45, 2.75) is 13.0 Å². The number of nitrogens with zero attached hydrogens (tertiary/aromatic N) is 3. The zero-order chi connectivity index (χ0) is 15.9. The Kier molecular flexibility index (Phi) is 6.94. The lowest BCUT2D eigenvalue weighted by Gasteiger charge is -2.36. The van der Waals surface area contributed by atoms with E-state index in [9.17, 15) is 14.7 Å². The highest BCUT2D eigenvalue weighted by molar-refractivity contribution is 8.00. The lowest BCUT2D eigenvalue weighted by molar-refractivity contribution is -0.139. The summed E-state index contributed by atoms with van der Waals surface area (Å²) in [6.45, 7) is 6.42. The Morgan fingerprint density at radius 2 is 2.09 bits per heavy atom. The molecule has 0 spiro atoms. The van der Waals surface area contributed by atoms with Gasteiger partial charge in [0.25, 0.3) is 0 Å². The minimum atomic E-state index is -0.485. The standard InChI is InChI=1S/C14H25N3O4S/c1-2-21-9-12(18)7-15-3-5-16(6-4-15)13(19)8-17-11-22-10-14(17)20/h12,18H,2-11H2,1H3/t12-/m1/s1. The molecule has 7 nitrogen and oxygen atoms in total. The Balaban J connectivity index is 1.67. The van der Waals surface area contributed by atoms with Crippen LogP contribution in [0.3, 0.4) is 0 Å². The van der Waals surface area contributed by atoms with E-state index in [-0.39, 0.29) is 18.4 Å². The molecule has 0 aromatic heterocycles. The lowest BCUT2D eigenvalue weighted by Crippen LogP contribution is -2.52. The minimum Gasteiger partial charge on any atom is -0.389 e. The molecule has 1 N–H and O–H groups in total. The molecule has 1 atom stereocenters. The van der Waals surface area contributed by atoms with Crippen LogP contribution in [0, 0.1) is 0 Å². The Morgan fingerprint density at radius 3 is 2.68 bits per heavy atom. The quantitative estimate of drug-likeness (QED) is 0.649. The van der Waals surface area contributed by atoms with Crippen molar-refractivity contribution in [2.24, 2.45) is 0 Å². The normalized spacial score (nSPS) is 21.5. The zero-order valence-corrected chi connectivity index (χ0v) is 13.9. The van der Waals surface area contributed by atoms with Gasteiger partial charge in [-0.1, -0.05) is 0 Å². The van der Waals surface area contributed by atoms with Crippen LogP contribution in [0.15, 0.2) is 0 Å². The van der Waals surface area contributed by atoms with Gasteiger partial charge in [-0.3, -0.25) is 14.5 Å². The molecular formula is C14H25N3O4S. The van der Waals surface area contributed by atoms with Crippen LogP contribution in [0.1, 0.15) is 6.92 Å². The van der Waals surface area contributed by atoms with Gasteiger partial charge in [0.2, 0.25) is 11.8 Å². The number of piperazine rings is 1. The summed E-state index contributed by atoms with van der Waals surface area (Å²) in [5, 5.41) is 9.83. The van der Waals surface area contributed by atoms with Gasteiger partial charge in [0.15, 0.2) is 0 Å². The molecular weight excluding hydrogens is 306 g/mol. The van der Waals surface area contributed by atoms with Gasteiger partial charge in [-0.2, -0.15) is 0 Å². The van der Waals surface area contributed by atoms with Gasteiger partial charge in [-0.05, 0) is 6.92 Å². The van der Waals surface area contributed by atoms with Crippen LogP contribution in [-0.4, -0.2) is 102 Å². The number of aliphatic hydroxyl groups is 1. The summed E-state index contributed by atoms with van der Waals surface area (Å²) >= 11 is 1.55. The number of hydrogen-bond acceptors (Lipinski definition) is 6. The molecule has 0 bridgehead atoms.